The van der Waals surface area contributed by atoms with Gasteiger partial charge in [-0.25, -0.2) is 0 Å². The first-order chi connectivity index (χ1) is 31.6. The van der Waals surface area contributed by atoms with E-state index in [-0.39, 0.29) is 16.2 Å². The second kappa shape index (κ2) is 13.3. The molecule has 0 aliphatic heterocycles. The van der Waals surface area contributed by atoms with Gasteiger partial charge in [-0.3, -0.25) is 0 Å². The molecule has 0 saturated carbocycles. The fourth-order valence-electron chi connectivity index (χ4n) is 12.2. The molecule has 0 radical (unpaired) electrons. The number of rotatable bonds is 3. The van der Waals surface area contributed by atoms with Gasteiger partial charge in [0.1, 0.15) is 0 Å². The van der Waals surface area contributed by atoms with E-state index in [1.54, 1.807) is 0 Å². The van der Waals surface area contributed by atoms with Gasteiger partial charge in [-0.05, 0) is 181 Å². The molecule has 0 aromatic heterocycles. The lowest BCUT2D eigenvalue weighted by atomic mass is 9.80. The van der Waals surface area contributed by atoms with Crippen LogP contribution in [0, 0.1) is 0 Å². The highest BCUT2D eigenvalue weighted by atomic mass is 14.3. The zero-order valence-corrected chi connectivity index (χ0v) is 39.6. The maximum atomic E-state index is 2.48. The van der Waals surface area contributed by atoms with Crippen molar-refractivity contribution in [2.75, 3.05) is 0 Å². The Balaban J connectivity index is 1.12. The molecule has 0 heteroatoms. The Labute approximate surface area is 387 Å². The Hall–Kier alpha value is -7.02. The summed E-state index contributed by atoms with van der Waals surface area (Å²) in [4.78, 5) is 0. The Morgan fingerprint density at radius 1 is 0.212 bits per heavy atom. The smallest absolute Gasteiger partial charge is 0.00205 e. The summed E-state index contributed by atoms with van der Waals surface area (Å²) < 4.78 is 0. The minimum Gasteiger partial charge on any atom is -0.0573 e. The lowest BCUT2D eigenvalue weighted by molar-refractivity contribution is 0.596. The number of hydrogen-bond acceptors (Lipinski definition) is 0. The van der Waals surface area contributed by atoms with E-state index in [0.29, 0.717) is 0 Å². The standard InChI is InChI=1S/C66H54/c1-64(2,3)55-31-19-40-13-25-49-46(22-10-37-16-28-52(55)61(40)58(37)49)43-34-44(47-23-11-38-17-29-53-56(65(4,5)6)32-20-41-14-26-50(47)59(38)62(41)53)36-45(35-43)48-24-12-39-18-30-54-57(66(7,8)9)33-21-42-15-27-51(48)60(39)63(42)54/h10-36H,1-9H3. The van der Waals surface area contributed by atoms with Gasteiger partial charge in [0.2, 0.25) is 0 Å². The van der Waals surface area contributed by atoms with Crippen molar-refractivity contribution in [3.8, 4) is 33.4 Å². The SMILES string of the molecule is CC(C)(C)c1ccc2ccc3c(-c4cc(-c5ccc6ccc7c(C(C)(C)C)ccc8ccc5c6c87)cc(-c5ccc6ccc7c(C(C)(C)C)ccc8ccc5c6c87)c4)ccc4ccc1c2c43. The molecule has 0 spiro atoms. The molecule has 0 saturated heterocycles. The highest BCUT2D eigenvalue weighted by molar-refractivity contribution is 6.29. The summed E-state index contributed by atoms with van der Waals surface area (Å²) in [6.07, 6.45) is 0. The van der Waals surface area contributed by atoms with Gasteiger partial charge in [-0.1, -0.05) is 208 Å². The van der Waals surface area contributed by atoms with E-state index in [1.165, 1.54) is 147 Å². The van der Waals surface area contributed by atoms with Crippen LogP contribution in [0.3, 0.4) is 0 Å². The van der Waals surface area contributed by atoms with Crippen molar-refractivity contribution in [1.82, 2.24) is 0 Å². The van der Waals surface area contributed by atoms with Crippen LogP contribution in [0.15, 0.2) is 164 Å². The van der Waals surface area contributed by atoms with E-state index in [0.717, 1.165) is 0 Å². The fraction of sp³-hybridized carbons (Fsp3) is 0.182. The molecule has 0 atom stereocenters. The number of hydrogen-bond donors (Lipinski definition) is 0. The van der Waals surface area contributed by atoms with E-state index in [1.807, 2.05) is 0 Å². The van der Waals surface area contributed by atoms with Crippen molar-refractivity contribution < 1.29 is 0 Å². The van der Waals surface area contributed by atoms with Crippen LogP contribution >= 0.6 is 0 Å². The van der Waals surface area contributed by atoms with Gasteiger partial charge in [-0.2, -0.15) is 0 Å². The quantitative estimate of drug-likeness (QED) is 0.155. The van der Waals surface area contributed by atoms with E-state index < -0.39 is 0 Å². The Morgan fingerprint density at radius 3 is 0.652 bits per heavy atom. The third-order valence-corrected chi connectivity index (χ3v) is 15.3. The van der Waals surface area contributed by atoms with Crippen molar-refractivity contribution in [3.63, 3.8) is 0 Å². The average Bonchev–Trinajstić information content (AvgIpc) is 3.30. The normalized spacial score (nSPS) is 13.2. The zero-order chi connectivity index (χ0) is 45.2. The highest BCUT2D eigenvalue weighted by Crippen LogP contribution is 2.48. The molecular formula is C66H54. The largest absolute Gasteiger partial charge is 0.0573 e. The van der Waals surface area contributed by atoms with Crippen molar-refractivity contribution in [2.45, 2.75) is 78.6 Å². The molecule has 0 heterocycles. The maximum Gasteiger partial charge on any atom is -0.00205 e. The minimum atomic E-state index is 0.0261. The van der Waals surface area contributed by atoms with Gasteiger partial charge in [0.25, 0.3) is 0 Å². The average molecular weight is 847 g/mol. The summed E-state index contributed by atoms with van der Waals surface area (Å²) in [6, 6.07) is 64.0. The molecule has 0 aliphatic rings. The van der Waals surface area contributed by atoms with Crippen LogP contribution in [-0.4, -0.2) is 0 Å². The van der Waals surface area contributed by atoms with Crippen molar-refractivity contribution in [1.29, 1.82) is 0 Å². The Morgan fingerprint density at radius 2 is 0.409 bits per heavy atom. The van der Waals surface area contributed by atoms with E-state index >= 15 is 0 Å². The molecule has 13 rings (SSSR count). The van der Waals surface area contributed by atoms with Gasteiger partial charge in [0.05, 0.1) is 0 Å². The Kier molecular flexibility index (Phi) is 7.93. The van der Waals surface area contributed by atoms with Gasteiger partial charge < -0.3 is 0 Å². The number of benzene rings is 13. The van der Waals surface area contributed by atoms with E-state index in [2.05, 4.69) is 226 Å². The molecule has 0 amide bonds. The van der Waals surface area contributed by atoms with Crippen molar-refractivity contribution in [2.24, 2.45) is 0 Å². The van der Waals surface area contributed by atoms with Crippen LogP contribution in [0.1, 0.15) is 79.0 Å². The van der Waals surface area contributed by atoms with Crippen LogP contribution in [0.4, 0.5) is 0 Å². The third kappa shape index (κ3) is 5.57. The van der Waals surface area contributed by atoms with Gasteiger partial charge in [-0.15, -0.1) is 0 Å². The Bertz CT molecular complexity index is 3690. The highest BCUT2D eigenvalue weighted by Gasteiger charge is 2.25. The van der Waals surface area contributed by atoms with E-state index in [4.69, 9.17) is 0 Å². The van der Waals surface area contributed by atoms with Gasteiger partial charge >= 0.3 is 0 Å². The molecule has 0 nitrogen and oxygen atoms in total. The summed E-state index contributed by atoms with van der Waals surface area (Å²) in [5.41, 5.74) is 11.8. The van der Waals surface area contributed by atoms with Crippen LogP contribution in [-0.2, 0) is 16.2 Å². The molecule has 13 aromatic carbocycles. The fourth-order valence-corrected chi connectivity index (χ4v) is 12.2. The molecule has 0 fully saturated rings. The molecule has 13 aromatic rings. The van der Waals surface area contributed by atoms with Crippen LogP contribution < -0.4 is 0 Å². The van der Waals surface area contributed by atoms with Crippen LogP contribution in [0.25, 0.3) is 130 Å². The molecular weight excluding hydrogens is 793 g/mol. The van der Waals surface area contributed by atoms with Gasteiger partial charge in [0, 0.05) is 0 Å². The first-order valence-electron chi connectivity index (χ1n) is 23.9. The molecule has 0 aliphatic carbocycles. The lowest BCUT2D eigenvalue weighted by Crippen LogP contribution is -2.11. The summed E-state index contributed by atoms with van der Waals surface area (Å²) in [5, 5.41) is 23.9. The first kappa shape index (κ1) is 39.4. The third-order valence-electron chi connectivity index (χ3n) is 15.3. The maximum absolute atomic E-state index is 2.48. The van der Waals surface area contributed by atoms with Crippen LogP contribution in [0.2, 0.25) is 0 Å². The summed E-state index contributed by atoms with van der Waals surface area (Å²) in [5.74, 6) is 0. The molecule has 318 valence electrons. The molecule has 0 bridgehead atoms. The predicted molar refractivity (Wildman–Crippen MR) is 290 cm³/mol. The summed E-state index contributed by atoms with van der Waals surface area (Å²) in [6.45, 7) is 21.0. The van der Waals surface area contributed by atoms with Crippen molar-refractivity contribution >= 4 is 97.0 Å². The minimum absolute atomic E-state index is 0.0261. The van der Waals surface area contributed by atoms with Gasteiger partial charge in [0.15, 0.2) is 0 Å². The second-order valence-corrected chi connectivity index (χ2v) is 22.5. The zero-order valence-electron chi connectivity index (χ0n) is 39.6. The topological polar surface area (TPSA) is 0 Å². The van der Waals surface area contributed by atoms with E-state index in [9.17, 15) is 0 Å². The first-order valence-corrected chi connectivity index (χ1v) is 23.9. The predicted octanol–water partition coefficient (Wildman–Crippen LogP) is 19.3. The monoisotopic (exact) mass is 846 g/mol. The van der Waals surface area contributed by atoms with Crippen molar-refractivity contribution in [3.05, 3.63) is 180 Å². The van der Waals surface area contributed by atoms with Crippen LogP contribution in [0.5, 0.6) is 0 Å². The molecule has 0 unspecified atom stereocenters. The lowest BCUT2D eigenvalue weighted by Gasteiger charge is -2.24. The summed E-state index contributed by atoms with van der Waals surface area (Å²) in [7, 11) is 0. The summed E-state index contributed by atoms with van der Waals surface area (Å²) >= 11 is 0. The molecule has 66 heavy (non-hydrogen) atoms. The second-order valence-electron chi connectivity index (χ2n) is 22.5. The molecule has 0 N–H and O–H groups in total.